The van der Waals surface area contributed by atoms with Crippen molar-refractivity contribution in [3.8, 4) is 5.75 Å². The topological polar surface area (TPSA) is 80.8 Å². The fourth-order valence-corrected chi connectivity index (χ4v) is 3.61. The Morgan fingerprint density at radius 3 is 2.32 bits per heavy atom. The van der Waals surface area contributed by atoms with E-state index in [4.69, 9.17) is 4.74 Å². The number of para-hydroxylation sites is 1. The quantitative estimate of drug-likeness (QED) is 0.617. The molecule has 1 aliphatic heterocycles. The molecule has 1 amide bonds. The van der Waals surface area contributed by atoms with Gasteiger partial charge in [-0.15, -0.1) is 0 Å². The Balaban J connectivity index is 2.12. The van der Waals surface area contributed by atoms with Gasteiger partial charge in [-0.05, 0) is 25.0 Å². The van der Waals surface area contributed by atoms with Crippen LogP contribution in [0.1, 0.15) is 30.1 Å². The van der Waals surface area contributed by atoms with Crippen molar-refractivity contribution < 1.29 is 22.7 Å². The number of nitrogens with zero attached hydrogens (tertiary/aromatic N) is 1. The van der Waals surface area contributed by atoms with Gasteiger partial charge in [0.15, 0.2) is 0 Å². The van der Waals surface area contributed by atoms with Crippen LogP contribution >= 0.6 is 0 Å². The van der Waals surface area contributed by atoms with Crippen molar-refractivity contribution in [3.05, 3.63) is 29.8 Å². The second-order valence-electron chi connectivity index (χ2n) is 5.41. The van der Waals surface area contributed by atoms with Crippen LogP contribution in [0.4, 0.5) is 0 Å². The van der Waals surface area contributed by atoms with Gasteiger partial charge in [0.2, 0.25) is 0 Å². The van der Waals surface area contributed by atoms with Crippen molar-refractivity contribution in [2.75, 3.05) is 19.3 Å². The number of amides is 1. The van der Waals surface area contributed by atoms with Crippen LogP contribution in [0.15, 0.2) is 24.3 Å². The predicted octanol–water partition coefficient (Wildman–Crippen LogP) is 1.26. The monoisotopic (exact) mass is 325 g/mol. The van der Waals surface area contributed by atoms with Gasteiger partial charge >= 0.3 is 5.97 Å². The lowest BCUT2D eigenvalue weighted by molar-refractivity contribution is -0.131. The molecule has 1 aliphatic rings. The molecule has 6 nitrogen and oxygen atoms in total. The van der Waals surface area contributed by atoms with Crippen LogP contribution < -0.4 is 4.74 Å². The minimum absolute atomic E-state index is 0.227. The molecule has 0 aliphatic carbocycles. The summed E-state index contributed by atoms with van der Waals surface area (Å²) in [6.07, 6.45) is 2.09. The van der Waals surface area contributed by atoms with Gasteiger partial charge in [0.25, 0.3) is 5.91 Å². The Bertz CT molecular complexity index is 675. The Morgan fingerprint density at radius 2 is 1.77 bits per heavy atom. The third-order valence-electron chi connectivity index (χ3n) is 3.71. The van der Waals surface area contributed by atoms with Crippen molar-refractivity contribution in [3.63, 3.8) is 0 Å². The summed E-state index contributed by atoms with van der Waals surface area (Å²) in [7, 11) is -3.07. The summed E-state index contributed by atoms with van der Waals surface area (Å²) >= 11 is 0. The second kappa shape index (κ2) is 6.48. The van der Waals surface area contributed by atoms with E-state index in [1.54, 1.807) is 29.2 Å². The first-order valence-electron chi connectivity index (χ1n) is 7.04. The Kier molecular flexibility index (Phi) is 4.85. The molecule has 0 radical (unpaired) electrons. The maximum absolute atomic E-state index is 12.5. The summed E-state index contributed by atoms with van der Waals surface area (Å²) < 4.78 is 28.1. The highest BCUT2D eigenvalue weighted by molar-refractivity contribution is 7.91. The molecule has 0 atom stereocenters. The number of benzene rings is 1. The molecule has 0 N–H and O–H groups in total. The first-order chi connectivity index (χ1) is 10.3. The molecule has 2 rings (SSSR count). The number of hydrogen-bond acceptors (Lipinski definition) is 5. The summed E-state index contributed by atoms with van der Waals surface area (Å²) in [6, 6.07) is 6.55. The number of piperidine rings is 1. The molecule has 7 heteroatoms. The van der Waals surface area contributed by atoms with E-state index >= 15 is 0 Å². The van der Waals surface area contributed by atoms with Gasteiger partial charge in [-0.3, -0.25) is 9.59 Å². The number of likely N-dealkylation sites (tertiary alicyclic amines) is 1. The van der Waals surface area contributed by atoms with Gasteiger partial charge < -0.3 is 9.64 Å². The minimum Gasteiger partial charge on any atom is -0.426 e. The third-order valence-corrected chi connectivity index (χ3v) is 5.39. The lowest BCUT2D eigenvalue weighted by Gasteiger charge is -2.31. The molecule has 1 aromatic rings. The molecule has 120 valence electrons. The lowest BCUT2D eigenvalue weighted by atomic mass is 10.1. The Labute approximate surface area is 130 Å². The normalized spacial score (nSPS) is 16.4. The standard InChI is InChI=1S/C15H19NO5S/c1-11(17)21-14-6-4-3-5-13(14)15(18)16-9-7-12(8-10-16)22(2,19)20/h3-6,12H,7-10H2,1-2H3. The molecule has 0 spiro atoms. The van der Waals surface area contributed by atoms with E-state index < -0.39 is 15.8 Å². The largest absolute Gasteiger partial charge is 0.426 e. The summed E-state index contributed by atoms with van der Waals surface area (Å²) in [6.45, 7) is 2.04. The van der Waals surface area contributed by atoms with Crippen molar-refractivity contribution in [2.24, 2.45) is 0 Å². The van der Waals surface area contributed by atoms with E-state index in [9.17, 15) is 18.0 Å². The average Bonchev–Trinajstić information content (AvgIpc) is 2.46. The molecule has 1 aromatic carbocycles. The predicted molar refractivity (Wildman–Crippen MR) is 81.5 cm³/mol. The highest BCUT2D eigenvalue weighted by atomic mass is 32.2. The average molecular weight is 325 g/mol. The number of rotatable bonds is 3. The number of ether oxygens (including phenoxy) is 1. The summed E-state index contributed by atoms with van der Waals surface area (Å²) in [5.41, 5.74) is 0.315. The number of carbonyl (C=O) groups is 2. The van der Waals surface area contributed by atoms with Gasteiger partial charge in [0.05, 0.1) is 10.8 Å². The van der Waals surface area contributed by atoms with Gasteiger partial charge in [-0.2, -0.15) is 0 Å². The Hall–Kier alpha value is -1.89. The molecule has 0 aromatic heterocycles. The first kappa shape index (κ1) is 16.5. The van der Waals surface area contributed by atoms with E-state index in [0.29, 0.717) is 31.5 Å². The Morgan fingerprint density at radius 1 is 1.18 bits per heavy atom. The van der Waals surface area contributed by atoms with Crippen LogP contribution in [0.5, 0.6) is 5.75 Å². The maximum atomic E-state index is 12.5. The molecule has 0 bridgehead atoms. The van der Waals surface area contributed by atoms with Crippen molar-refractivity contribution in [1.82, 2.24) is 4.90 Å². The SMILES string of the molecule is CC(=O)Oc1ccccc1C(=O)N1CCC(S(C)(=O)=O)CC1. The smallest absolute Gasteiger partial charge is 0.308 e. The molecule has 1 fully saturated rings. The van der Waals surface area contributed by atoms with E-state index in [1.165, 1.54) is 13.2 Å². The fourth-order valence-electron chi connectivity index (χ4n) is 2.54. The van der Waals surface area contributed by atoms with Crippen LogP contribution in [0.25, 0.3) is 0 Å². The number of carbonyl (C=O) groups excluding carboxylic acids is 2. The van der Waals surface area contributed by atoms with Gasteiger partial charge in [-0.1, -0.05) is 12.1 Å². The maximum Gasteiger partial charge on any atom is 0.308 e. The van der Waals surface area contributed by atoms with E-state index in [1.807, 2.05) is 0 Å². The van der Waals surface area contributed by atoms with Crippen molar-refractivity contribution >= 4 is 21.7 Å². The molecular formula is C15H19NO5S. The van der Waals surface area contributed by atoms with Gasteiger partial charge in [0.1, 0.15) is 15.6 Å². The highest BCUT2D eigenvalue weighted by Crippen LogP contribution is 2.23. The summed E-state index contributed by atoms with van der Waals surface area (Å²) in [5.74, 6) is -0.509. The molecule has 1 heterocycles. The number of esters is 1. The number of hydrogen-bond donors (Lipinski definition) is 0. The fraction of sp³-hybridized carbons (Fsp3) is 0.467. The van der Waals surface area contributed by atoms with Crippen LogP contribution in [0, 0.1) is 0 Å². The summed E-state index contributed by atoms with van der Waals surface area (Å²) in [4.78, 5) is 25.2. The van der Waals surface area contributed by atoms with Crippen LogP contribution in [-0.4, -0.2) is 49.8 Å². The summed E-state index contributed by atoms with van der Waals surface area (Å²) in [5, 5.41) is -0.389. The molecule has 1 saturated heterocycles. The lowest BCUT2D eigenvalue weighted by Crippen LogP contribution is -2.42. The zero-order valence-electron chi connectivity index (χ0n) is 12.6. The van der Waals surface area contributed by atoms with Crippen molar-refractivity contribution in [1.29, 1.82) is 0 Å². The van der Waals surface area contributed by atoms with E-state index in [2.05, 4.69) is 0 Å². The molecule has 0 unspecified atom stereocenters. The van der Waals surface area contributed by atoms with Gasteiger partial charge in [0, 0.05) is 26.3 Å². The van der Waals surface area contributed by atoms with Crippen LogP contribution in [0.3, 0.4) is 0 Å². The molecule has 22 heavy (non-hydrogen) atoms. The number of sulfone groups is 1. The van der Waals surface area contributed by atoms with E-state index in [-0.39, 0.29) is 16.9 Å². The molecular weight excluding hydrogens is 306 g/mol. The van der Waals surface area contributed by atoms with Crippen LogP contribution in [-0.2, 0) is 14.6 Å². The highest BCUT2D eigenvalue weighted by Gasteiger charge is 2.30. The van der Waals surface area contributed by atoms with Crippen molar-refractivity contribution in [2.45, 2.75) is 25.0 Å². The third kappa shape index (κ3) is 3.85. The van der Waals surface area contributed by atoms with Crippen LogP contribution in [0.2, 0.25) is 0 Å². The van der Waals surface area contributed by atoms with Gasteiger partial charge in [-0.25, -0.2) is 8.42 Å². The first-order valence-corrected chi connectivity index (χ1v) is 9.00. The minimum atomic E-state index is -3.07. The molecule has 0 saturated carbocycles. The zero-order valence-corrected chi connectivity index (χ0v) is 13.4. The zero-order chi connectivity index (χ0) is 16.3. The second-order valence-corrected chi connectivity index (χ2v) is 7.74. The van der Waals surface area contributed by atoms with E-state index in [0.717, 1.165) is 0 Å².